The van der Waals surface area contributed by atoms with E-state index < -0.39 is 0 Å². The average molecular weight is 575 g/mol. The number of rotatable bonds is 9. The minimum absolute atomic E-state index is 0.214. The summed E-state index contributed by atoms with van der Waals surface area (Å²) in [7, 11) is 1.80. The number of aryl methyl sites for hydroxylation is 1. The van der Waals surface area contributed by atoms with Gasteiger partial charge in [0.05, 0.1) is 23.0 Å². The van der Waals surface area contributed by atoms with Gasteiger partial charge in [0.25, 0.3) is 11.8 Å². The van der Waals surface area contributed by atoms with E-state index in [1.54, 1.807) is 66.6 Å². The molecule has 9 heteroatoms. The minimum atomic E-state index is -0.277. The quantitative estimate of drug-likeness (QED) is 0.181. The van der Waals surface area contributed by atoms with Crippen molar-refractivity contribution >= 4 is 40.2 Å². The second-order valence-electron chi connectivity index (χ2n) is 10.9. The number of benzene rings is 3. The molecule has 0 aliphatic carbocycles. The number of carbonyl (C=O) groups excluding carboxylic acids is 3. The van der Waals surface area contributed by atoms with Crippen LogP contribution in [-0.2, 0) is 24.8 Å². The Labute approximate surface area is 250 Å². The van der Waals surface area contributed by atoms with E-state index in [2.05, 4.69) is 38.1 Å². The summed E-state index contributed by atoms with van der Waals surface area (Å²) in [5, 5.41) is 13.2. The summed E-state index contributed by atoms with van der Waals surface area (Å²) in [6, 6.07) is 20.3. The highest BCUT2D eigenvalue weighted by molar-refractivity contribution is 6.32. The van der Waals surface area contributed by atoms with Crippen LogP contribution in [-0.4, -0.2) is 45.4 Å². The van der Waals surface area contributed by atoms with Crippen LogP contribution in [0.4, 0.5) is 17.1 Å². The van der Waals surface area contributed by atoms with Crippen LogP contribution in [0.3, 0.4) is 0 Å². The summed E-state index contributed by atoms with van der Waals surface area (Å²) < 4.78 is 1.69. The van der Waals surface area contributed by atoms with Gasteiger partial charge in [-0.15, -0.1) is 0 Å². The lowest BCUT2D eigenvalue weighted by Gasteiger charge is -2.14. The first-order valence-corrected chi connectivity index (χ1v) is 14.6. The largest absolute Gasteiger partial charge is 0.361 e. The van der Waals surface area contributed by atoms with Gasteiger partial charge >= 0.3 is 0 Å². The highest BCUT2D eigenvalue weighted by Gasteiger charge is 2.25. The minimum Gasteiger partial charge on any atom is -0.361 e. The number of hydrogen-bond donors (Lipinski definition) is 3. The number of likely N-dealkylation sites (tertiary alicyclic amines) is 1. The van der Waals surface area contributed by atoms with Gasteiger partial charge in [0.15, 0.2) is 5.78 Å². The third-order valence-electron chi connectivity index (χ3n) is 8.03. The summed E-state index contributed by atoms with van der Waals surface area (Å²) in [6.45, 7) is 5.24. The third kappa shape index (κ3) is 5.98. The van der Waals surface area contributed by atoms with Crippen molar-refractivity contribution in [2.24, 2.45) is 7.05 Å². The van der Waals surface area contributed by atoms with E-state index in [-0.39, 0.29) is 17.6 Å². The molecule has 43 heavy (non-hydrogen) atoms. The maximum atomic E-state index is 13.4. The first-order chi connectivity index (χ1) is 20.9. The molecule has 0 atom stereocenters. The van der Waals surface area contributed by atoms with Gasteiger partial charge < -0.3 is 16.0 Å². The molecule has 1 aromatic heterocycles. The molecule has 0 radical (unpaired) electrons. The van der Waals surface area contributed by atoms with E-state index in [9.17, 15) is 14.4 Å². The summed E-state index contributed by atoms with van der Waals surface area (Å²) in [5.41, 5.74) is 6.68. The zero-order valence-corrected chi connectivity index (χ0v) is 24.3. The van der Waals surface area contributed by atoms with Crippen molar-refractivity contribution in [1.29, 1.82) is 0 Å². The monoisotopic (exact) mass is 574 g/mol. The molecule has 6 rings (SSSR count). The highest BCUT2D eigenvalue weighted by atomic mass is 16.2. The Balaban J connectivity index is 1.14. The van der Waals surface area contributed by atoms with E-state index in [4.69, 9.17) is 0 Å². The van der Waals surface area contributed by atoms with E-state index in [0.717, 1.165) is 36.6 Å². The number of anilines is 3. The SMILES string of the molecule is CCc1c(C(=O)Nc2cccc(C(=O)c3ccc4c(c3)NC(=O)/C4=C\Nc3ccc(CN4CCCC4)cc3)c2)cnn1C. The molecular weight excluding hydrogens is 540 g/mol. The zero-order chi connectivity index (χ0) is 29.9. The predicted molar refractivity (Wildman–Crippen MR) is 168 cm³/mol. The molecule has 2 aliphatic rings. The second kappa shape index (κ2) is 12.1. The Hall–Kier alpha value is -5.02. The van der Waals surface area contributed by atoms with E-state index in [0.29, 0.717) is 40.1 Å². The highest BCUT2D eigenvalue weighted by Crippen LogP contribution is 2.33. The van der Waals surface area contributed by atoms with Crippen LogP contribution >= 0.6 is 0 Å². The first kappa shape index (κ1) is 28.1. The topological polar surface area (TPSA) is 108 Å². The molecule has 2 amide bonds. The molecule has 0 saturated carbocycles. The van der Waals surface area contributed by atoms with Crippen LogP contribution in [0.5, 0.6) is 0 Å². The first-order valence-electron chi connectivity index (χ1n) is 14.6. The third-order valence-corrected chi connectivity index (χ3v) is 8.03. The Morgan fingerprint density at radius 3 is 2.51 bits per heavy atom. The van der Waals surface area contributed by atoms with Crippen molar-refractivity contribution in [3.8, 4) is 0 Å². The summed E-state index contributed by atoms with van der Waals surface area (Å²) in [5.74, 6) is -0.724. The van der Waals surface area contributed by atoms with Crippen LogP contribution in [0, 0.1) is 0 Å². The van der Waals surface area contributed by atoms with Gasteiger partial charge in [0.1, 0.15) is 0 Å². The molecule has 2 aliphatic heterocycles. The molecule has 0 spiro atoms. The van der Waals surface area contributed by atoms with Crippen LogP contribution in [0.15, 0.2) is 79.1 Å². The van der Waals surface area contributed by atoms with Crippen molar-refractivity contribution in [1.82, 2.24) is 14.7 Å². The fourth-order valence-electron chi connectivity index (χ4n) is 5.71. The Kier molecular flexibility index (Phi) is 7.89. The standard InChI is InChI=1S/C34H34N6O3/c1-3-31-29(20-36-39(31)2)34(43)37-26-8-6-7-23(17-26)32(41)24-11-14-27-28(33(42)38-30(27)18-24)19-35-25-12-9-22(10-13-25)21-40-15-4-5-16-40/h6-14,17-20,35H,3-5,15-16,21H2,1-2H3,(H,37,43)(H,38,42)/b28-19-. The normalized spacial score (nSPS) is 15.4. The van der Waals surface area contributed by atoms with Gasteiger partial charge in [-0.2, -0.15) is 5.10 Å². The van der Waals surface area contributed by atoms with Crippen molar-refractivity contribution in [2.75, 3.05) is 29.0 Å². The maximum absolute atomic E-state index is 13.4. The van der Waals surface area contributed by atoms with Crippen molar-refractivity contribution in [2.45, 2.75) is 32.7 Å². The molecular formula is C34H34N6O3. The molecule has 3 heterocycles. The molecule has 1 fully saturated rings. The number of fused-ring (bicyclic) bond motifs is 1. The van der Waals surface area contributed by atoms with Crippen LogP contribution in [0.2, 0.25) is 0 Å². The van der Waals surface area contributed by atoms with Crippen molar-refractivity contribution < 1.29 is 14.4 Å². The average Bonchev–Trinajstić information content (AvgIpc) is 3.74. The number of amides is 2. The lowest BCUT2D eigenvalue weighted by atomic mass is 9.99. The van der Waals surface area contributed by atoms with Gasteiger partial charge in [0, 0.05) is 53.5 Å². The molecule has 218 valence electrons. The molecule has 4 aromatic rings. The maximum Gasteiger partial charge on any atom is 0.259 e. The van der Waals surface area contributed by atoms with E-state index >= 15 is 0 Å². The predicted octanol–water partition coefficient (Wildman–Crippen LogP) is 5.47. The van der Waals surface area contributed by atoms with Crippen LogP contribution < -0.4 is 16.0 Å². The lowest BCUT2D eigenvalue weighted by molar-refractivity contribution is -0.110. The molecule has 0 unspecified atom stereocenters. The number of nitrogens with zero attached hydrogens (tertiary/aromatic N) is 3. The molecule has 3 N–H and O–H groups in total. The fourth-order valence-corrected chi connectivity index (χ4v) is 5.71. The van der Waals surface area contributed by atoms with E-state index in [1.165, 1.54) is 18.4 Å². The molecule has 3 aromatic carbocycles. The summed E-state index contributed by atoms with van der Waals surface area (Å²) in [4.78, 5) is 41.5. The van der Waals surface area contributed by atoms with Gasteiger partial charge in [0.2, 0.25) is 0 Å². The lowest BCUT2D eigenvalue weighted by Crippen LogP contribution is -2.18. The number of carbonyl (C=O) groups is 3. The number of nitrogens with one attached hydrogen (secondary N) is 3. The van der Waals surface area contributed by atoms with Crippen LogP contribution in [0.25, 0.3) is 5.57 Å². The smallest absolute Gasteiger partial charge is 0.259 e. The number of ketones is 1. The van der Waals surface area contributed by atoms with Gasteiger partial charge in [-0.3, -0.25) is 24.0 Å². The van der Waals surface area contributed by atoms with Gasteiger partial charge in [-0.05, 0) is 68.2 Å². The van der Waals surface area contributed by atoms with Crippen molar-refractivity contribution in [3.05, 3.63) is 113 Å². The zero-order valence-electron chi connectivity index (χ0n) is 24.3. The molecule has 9 nitrogen and oxygen atoms in total. The van der Waals surface area contributed by atoms with E-state index in [1.807, 2.05) is 19.1 Å². The summed E-state index contributed by atoms with van der Waals surface area (Å²) >= 11 is 0. The van der Waals surface area contributed by atoms with Crippen molar-refractivity contribution in [3.63, 3.8) is 0 Å². The van der Waals surface area contributed by atoms with Crippen LogP contribution in [0.1, 0.15) is 62.9 Å². The summed E-state index contributed by atoms with van der Waals surface area (Å²) in [6.07, 6.45) is 6.47. The molecule has 0 bridgehead atoms. The Morgan fingerprint density at radius 2 is 1.74 bits per heavy atom. The fraction of sp³-hybridized carbons (Fsp3) is 0.235. The molecule has 1 saturated heterocycles. The number of hydrogen-bond acceptors (Lipinski definition) is 6. The van der Waals surface area contributed by atoms with Gasteiger partial charge in [-0.1, -0.05) is 43.3 Å². The number of aromatic nitrogens is 2. The van der Waals surface area contributed by atoms with Gasteiger partial charge in [-0.25, -0.2) is 0 Å². The Morgan fingerprint density at radius 1 is 0.977 bits per heavy atom. The second-order valence-corrected chi connectivity index (χ2v) is 10.9. The Bertz CT molecular complexity index is 1730.